The maximum Gasteiger partial charge on any atom is 0.248 e. The van der Waals surface area contributed by atoms with E-state index in [1.807, 2.05) is 36.4 Å². The highest BCUT2D eigenvalue weighted by molar-refractivity contribution is 7.89. The Morgan fingerprint density at radius 1 is 1.07 bits per heavy atom. The van der Waals surface area contributed by atoms with Crippen molar-refractivity contribution >= 4 is 15.9 Å². The second-order valence-electron chi connectivity index (χ2n) is 7.33. The van der Waals surface area contributed by atoms with E-state index in [4.69, 9.17) is 4.74 Å². The van der Waals surface area contributed by atoms with Crippen molar-refractivity contribution in [3.63, 3.8) is 0 Å². The third-order valence-electron chi connectivity index (χ3n) is 5.32. The summed E-state index contributed by atoms with van der Waals surface area (Å²) in [4.78, 5) is 14.1. The number of aryl methyl sites for hydroxylation is 2. The van der Waals surface area contributed by atoms with Crippen molar-refractivity contribution in [2.75, 3.05) is 19.7 Å². The van der Waals surface area contributed by atoms with Gasteiger partial charge in [0.05, 0.1) is 11.0 Å². The van der Waals surface area contributed by atoms with E-state index >= 15 is 0 Å². The molecular formula is C21H24N2O4S. The number of fused-ring (bicyclic) bond motifs is 1. The number of carbonyl (C=O) groups excluding carboxylic acids is 1. The van der Waals surface area contributed by atoms with Gasteiger partial charge in [-0.15, -0.1) is 0 Å². The van der Waals surface area contributed by atoms with E-state index in [0.29, 0.717) is 18.0 Å². The molecule has 0 saturated carbocycles. The SMILES string of the molecule is O=C1COC(CNS(=O)(=O)c2ccc3c(c2)CCC3)CN1Cc1ccccc1. The van der Waals surface area contributed by atoms with Gasteiger partial charge in [0.25, 0.3) is 0 Å². The molecule has 0 aromatic heterocycles. The number of nitrogens with zero attached hydrogens (tertiary/aromatic N) is 1. The standard InChI is InChI=1S/C21H24N2O4S/c24-21-15-27-19(14-23(21)13-16-5-2-1-3-6-16)12-22-28(25,26)20-10-9-17-7-4-8-18(17)11-20/h1-3,5-6,9-11,19,22H,4,7-8,12-15H2. The maximum atomic E-state index is 12.7. The number of rotatable bonds is 6. The molecule has 2 aliphatic rings. The second-order valence-corrected chi connectivity index (χ2v) is 9.10. The van der Waals surface area contributed by atoms with Crippen molar-refractivity contribution in [3.05, 3.63) is 65.2 Å². The molecule has 2 aromatic rings. The Labute approximate surface area is 165 Å². The van der Waals surface area contributed by atoms with Crippen molar-refractivity contribution in [2.24, 2.45) is 0 Å². The zero-order valence-corrected chi connectivity index (χ0v) is 16.5. The van der Waals surface area contributed by atoms with Gasteiger partial charge in [0.2, 0.25) is 15.9 Å². The van der Waals surface area contributed by atoms with Gasteiger partial charge in [0.15, 0.2) is 0 Å². The van der Waals surface area contributed by atoms with Crippen molar-refractivity contribution in [1.82, 2.24) is 9.62 Å². The van der Waals surface area contributed by atoms with Crippen LogP contribution in [0.15, 0.2) is 53.4 Å². The van der Waals surface area contributed by atoms with Crippen LogP contribution < -0.4 is 4.72 Å². The van der Waals surface area contributed by atoms with Crippen LogP contribution in [0.25, 0.3) is 0 Å². The summed E-state index contributed by atoms with van der Waals surface area (Å²) >= 11 is 0. The molecule has 1 atom stereocenters. The third kappa shape index (κ3) is 4.27. The molecule has 2 aromatic carbocycles. The Balaban J connectivity index is 1.38. The van der Waals surface area contributed by atoms with Gasteiger partial charge >= 0.3 is 0 Å². The molecule has 7 heteroatoms. The Kier molecular flexibility index (Phi) is 5.48. The molecular weight excluding hydrogens is 376 g/mol. The Morgan fingerprint density at radius 2 is 1.86 bits per heavy atom. The highest BCUT2D eigenvalue weighted by Crippen LogP contribution is 2.24. The van der Waals surface area contributed by atoms with Crippen LogP contribution in [-0.4, -0.2) is 45.0 Å². The molecule has 1 saturated heterocycles. The summed E-state index contributed by atoms with van der Waals surface area (Å²) in [6, 6.07) is 15.1. The summed E-state index contributed by atoms with van der Waals surface area (Å²) in [6.07, 6.45) is 2.66. The van der Waals surface area contributed by atoms with Crippen molar-refractivity contribution < 1.29 is 17.9 Å². The van der Waals surface area contributed by atoms with Crippen LogP contribution in [-0.2, 0) is 38.9 Å². The lowest BCUT2D eigenvalue weighted by atomic mass is 10.1. The average molecular weight is 401 g/mol. The molecule has 1 N–H and O–H groups in total. The fraction of sp³-hybridized carbons (Fsp3) is 0.381. The molecule has 1 fully saturated rings. The lowest BCUT2D eigenvalue weighted by Crippen LogP contribution is -2.50. The molecule has 1 amide bonds. The number of hydrogen-bond acceptors (Lipinski definition) is 4. The van der Waals surface area contributed by atoms with Gasteiger partial charge in [-0.2, -0.15) is 0 Å². The molecule has 1 aliphatic heterocycles. The van der Waals surface area contributed by atoms with E-state index in [2.05, 4.69) is 4.72 Å². The molecule has 1 unspecified atom stereocenters. The lowest BCUT2D eigenvalue weighted by Gasteiger charge is -2.33. The smallest absolute Gasteiger partial charge is 0.248 e. The average Bonchev–Trinajstić information content (AvgIpc) is 3.17. The monoisotopic (exact) mass is 400 g/mol. The van der Waals surface area contributed by atoms with E-state index < -0.39 is 10.0 Å². The molecule has 0 spiro atoms. The summed E-state index contributed by atoms with van der Waals surface area (Å²) in [7, 11) is -3.60. The summed E-state index contributed by atoms with van der Waals surface area (Å²) in [5.41, 5.74) is 3.40. The van der Waals surface area contributed by atoms with Gasteiger partial charge < -0.3 is 9.64 Å². The number of sulfonamides is 1. The quantitative estimate of drug-likeness (QED) is 0.803. The summed E-state index contributed by atoms with van der Waals surface area (Å²) in [6.45, 7) is 0.966. The molecule has 28 heavy (non-hydrogen) atoms. The maximum absolute atomic E-state index is 12.7. The highest BCUT2D eigenvalue weighted by atomic mass is 32.2. The first kappa shape index (κ1) is 19.1. The molecule has 0 radical (unpaired) electrons. The summed E-state index contributed by atoms with van der Waals surface area (Å²) in [5.74, 6) is -0.0819. The van der Waals surface area contributed by atoms with Crippen molar-refractivity contribution in [1.29, 1.82) is 0 Å². The van der Waals surface area contributed by atoms with Crippen molar-refractivity contribution in [2.45, 2.75) is 36.8 Å². The molecule has 148 valence electrons. The van der Waals surface area contributed by atoms with Gasteiger partial charge in [-0.25, -0.2) is 13.1 Å². The number of hydrogen-bond donors (Lipinski definition) is 1. The first-order valence-corrected chi connectivity index (χ1v) is 11.0. The molecule has 6 nitrogen and oxygen atoms in total. The van der Waals surface area contributed by atoms with Crippen LogP contribution in [0.4, 0.5) is 0 Å². The van der Waals surface area contributed by atoms with Crippen LogP contribution in [0.3, 0.4) is 0 Å². The number of nitrogens with one attached hydrogen (secondary N) is 1. The van der Waals surface area contributed by atoms with E-state index in [-0.39, 0.29) is 25.2 Å². The van der Waals surface area contributed by atoms with Crippen LogP contribution in [0.2, 0.25) is 0 Å². The fourth-order valence-corrected chi connectivity index (χ4v) is 4.88. The van der Waals surface area contributed by atoms with Crippen LogP contribution in [0.1, 0.15) is 23.1 Å². The Bertz CT molecular complexity index is 960. The second kappa shape index (κ2) is 8.03. The van der Waals surface area contributed by atoms with Gasteiger partial charge in [-0.05, 0) is 48.1 Å². The van der Waals surface area contributed by atoms with Crippen LogP contribution >= 0.6 is 0 Å². The molecule has 4 rings (SSSR count). The van der Waals surface area contributed by atoms with E-state index in [0.717, 1.165) is 30.4 Å². The zero-order valence-electron chi connectivity index (χ0n) is 15.6. The first-order valence-electron chi connectivity index (χ1n) is 9.56. The molecule has 0 bridgehead atoms. The number of amides is 1. The topological polar surface area (TPSA) is 75.7 Å². The van der Waals surface area contributed by atoms with Gasteiger partial charge in [0.1, 0.15) is 6.61 Å². The predicted octanol–water partition coefficient (Wildman–Crippen LogP) is 1.88. The predicted molar refractivity (Wildman–Crippen MR) is 105 cm³/mol. The van der Waals surface area contributed by atoms with Crippen LogP contribution in [0, 0.1) is 0 Å². The van der Waals surface area contributed by atoms with Gasteiger partial charge in [-0.1, -0.05) is 36.4 Å². The number of carbonyl (C=O) groups is 1. The molecule has 1 aliphatic carbocycles. The summed E-state index contributed by atoms with van der Waals surface area (Å²) in [5, 5.41) is 0. The first-order chi connectivity index (χ1) is 13.5. The van der Waals surface area contributed by atoms with E-state index in [1.54, 1.807) is 17.0 Å². The third-order valence-corrected chi connectivity index (χ3v) is 6.74. The Morgan fingerprint density at radius 3 is 2.68 bits per heavy atom. The highest BCUT2D eigenvalue weighted by Gasteiger charge is 2.28. The number of morpholine rings is 1. The lowest BCUT2D eigenvalue weighted by molar-refractivity contribution is -0.149. The molecule has 1 heterocycles. The van der Waals surface area contributed by atoms with Gasteiger partial charge in [-0.3, -0.25) is 4.79 Å². The van der Waals surface area contributed by atoms with Gasteiger partial charge in [0, 0.05) is 19.6 Å². The van der Waals surface area contributed by atoms with Crippen LogP contribution in [0.5, 0.6) is 0 Å². The minimum Gasteiger partial charge on any atom is -0.365 e. The number of benzene rings is 2. The zero-order chi connectivity index (χ0) is 19.6. The minimum atomic E-state index is -3.60. The van der Waals surface area contributed by atoms with E-state index in [9.17, 15) is 13.2 Å². The summed E-state index contributed by atoms with van der Waals surface area (Å²) < 4.78 is 33.5. The Hall–Kier alpha value is -2.22. The number of ether oxygens (including phenoxy) is 1. The minimum absolute atomic E-state index is 0.0297. The van der Waals surface area contributed by atoms with E-state index in [1.165, 1.54) is 5.56 Å². The largest absolute Gasteiger partial charge is 0.365 e. The normalized spacial score (nSPS) is 19.6. The van der Waals surface area contributed by atoms with Crippen molar-refractivity contribution in [3.8, 4) is 0 Å². The fourth-order valence-electron chi connectivity index (χ4n) is 3.76.